The normalized spacial score (nSPS) is 15.6. The van der Waals surface area contributed by atoms with Crippen LogP contribution in [0.25, 0.3) is 33.5 Å². The molecule has 0 bridgehead atoms. The van der Waals surface area contributed by atoms with Gasteiger partial charge in [-0.25, -0.2) is 9.37 Å². The molecule has 1 aliphatic heterocycles. The van der Waals surface area contributed by atoms with Gasteiger partial charge in [0.25, 0.3) is 0 Å². The Morgan fingerprint density at radius 2 is 2.06 bits per heavy atom. The van der Waals surface area contributed by atoms with Crippen molar-refractivity contribution in [2.24, 2.45) is 0 Å². The molecule has 1 unspecified atom stereocenters. The van der Waals surface area contributed by atoms with Crippen LogP contribution >= 0.6 is 0 Å². The van der Waals surface area contributed by atoms with E-state index in [1.54, 1.807) is 6.07 Å². The summed E-state index contributed by atoms with van der Waals surface area (Å²) in [6, 6.07) is 13.7. The summed E-state index contributed by atoms with van der Waals surface area (Å²) in [6.45, 7) is 6.57. The summed E-state index contributed by atoms with van der Waals surface area (Å²) < 4.78 is 19.2. The molecule has 1 aliphatic rings. The van der Waals surface area contributed by atoms with Crippen molar-refractivity contribution >= 4 is 27.6 Å². The highest BCUT2D eigenvalue weighted by Crippen LogP contribution is 2.42. The average molecular weight is 432 g/mol. The third-order valence-corrected chi connectivity index (χ3v) is 6.50. The lowest BCUT2D eigenvalue weighted by molar-refractivity contribution is 0.288. The minimum atomic E-state index is -0.419. The van der Waals surface area contributed by atoms with Crippen molar-refractivity contribution in [3.8, 4) is 17.6 Å². The van der Waals surface area contributed by atoms with Crippen LogP contribution in [0.3, 0.4) is 0 Å². The molecule has 0 fully saturated rings. The topological polar surface area (TPSA) is 70.0 Å². The second-order valence-electron chi connectivity index (χ2n) is 8.32. The summed E-state index contributed by atoms with van der Waals surface area (Å²) in [7, 11) is 0. The van der Waals surface area contributed by atoms with Crippen LogP contribution in [-0.2, 0) is 6.54 Å². The molecule has 0 amide bonds. The number of aryl methyl sites for hydroxylation is 1. The fourth-order valence-corrected chi connectivity index (χ4v) is 5.08. The second kappa shape index (κ2) is 7.95. The Labute approximate surface area is 186 Å². The van der Waals surface area contributed by atoms with E-state index in [2.05, 4.69) is 40.7 Å². The molecular formula is C25H26FN5O. The van der Waals surface area contributed by atoms with Gasteiger partial charge in [-0.2, -0.15) is 5.26 Å². The molecule has 164 valence electrons. The van der Waals surface area contributed by atoms with Gasteiger partial charge in [-0.05, 0) is 44.0 Å². The van der Waals surface area contributed by atoms with E-state index in [1.165, 1.54) is 6.07 Å². The van der Waals surface area contributed by atoms with E-state index in [1.807, 2.05) is 17.6 Å². The number of hydrogen-bond donors (Lipinski definition) is 1. The molecule has 4 aromatic rings. The van der Waals surface area contributed by atoms with Crippen molar-refractivity contribution in [3.63, 3.8) is 0 Å². The fraction of sp³-hybridized carbons (Fsp3) is 0.360. The smallest absolute Gasteiger partial charge is 0.157 e. The van der Waals surface area contributed by atoms with Gasteiger partial charge in [-0.15, -0.1) is 0 Å². The summed E-state index contributed by atoms with van der Waals surface area (Å²) >= 11 is 0. The number of benzene rings is 2. The van der Waals surface area contributed by atoms with Crippen molar-refractivity contribution in [2.45, 2.75) is 39.3 Å². The summed E-state index contributed by atoms with van der Waals surface area (Å²) in [5, 5.41) is 19.7. The van der Waals surface area contributed by atoms with Crippen LogP contribution in [0.1, 0.15) is 38.3 Å². The summed E-state index contributed by atoms with van der Waals surface area (Å²) in [6.07, 6.45) is 1.67. The Morgan fingerprint density at radius 1 is 1.22 bits per heavy atom. The predicted molar refractivity (Wildman–Crippen MR) is 124 cm³/mol. The van der Waals surface area contributed by atoms with E-state index in [9.17, 15) is 14.8 Å². The number of para-hydroxylation sites is 1. The number of halogens is 1. The maximum Gasteiger partial charge on any atom is 0.157 e. The van der Waals surface area contributed by atoms with Gasteiger partial charge in [0, 0.05) is 31.6 Å². The van der Waals surface area contributed by atoms with E-state index in [4.69, 9.17) is 4.98 Å². The van der Waals surface area contributed by atoms with Crippen LogP contribution < -0.4 is 4.90 Å². The van der Waals surface area contributed by atoms with Crippen molar-refractivity contribution in [3.05, 3.63) is 47.8 Å². The van der Waals surface area contributed by atoms with Gasteiger partial charge in [0.15, 0.2) is 5.82 Å². The largest absolute Gasteiger partial charge is 0.396 e. The van der Waals surface area contributed by atoms with E-state index in [-0.39, 0.29) is 18.2 Å². The lowest BCUT2D eigenvalue weighted by Gasteiger charge is -2.36. The second-order valence-corrected chi connectivity index (χ2v) is 8.32. The molecule has 32 heavy (non-hydrogen) atoms. The first kappa shape index (κ1) is 20.5. The number of rotatable bonds is 6. The Morgan fingerprint density at radius 3 is 2.78 bits per heavy atom. The number of aliphatic hydroxyl groups is 1. The molecule has 0 spiro atoms. The third-order valence-electron chi connectivity index (χ3n) is 6.50. The molecule has 5 rings (SSSR count). The number of nitriles is 1. The third kappa shape index (κ3) is 2.98. The van der Waals surface area contributed by atoms with Gasteiger partial charge < -0.3 is 19.1 Å². The molecule has 1 atom stereocenters. The lowest BCUT2D eigenvalue weighted by Crippen LogP contribution is -2.36. The minimum Gasteiger partial charge on any atom is -0.396 e. The van der Waals surface area contributed by atoms with Gasteiger partial charge in [-0.1, -0.05) is 19.1 Å². The maximum absolute atomic E-state index is 14.9. The van der Waals surface area contributed by atoms with Crippen LogP contribution in [0.5, 0.6) is 0 Å². The van der Waals surface area contributed by atoms with Crippen molar-refractivity contribution < 1.29 is 9.50 Å². The van der Waals surface area contributed by atoms with Crippen LogP contribution in [0.2, 0.25) is 0 Å². The molecular weight excluding hydrogens is 405 g/mol. The van der Waals surface area contributed by atoms with Crippen LogP contribution in [0.15, 0.2) is 36.4 Å². The minimum absolute atomic E-state index is 0.173. The molecule has 6 nitrogen and oxygen atoms in total. The Bertz CT molecular complexity index is 1360. The number of aliphatic hydroxyl groups excluding tert-OH is 1. The molecule has 0 saturated carbocycles. The van der Waals surface area contributed by atoms with E-state index in [0.29, 0.717) is 17.6 Å². The van der Waals surface area contributed by atoms with Crippen LogP contribution in [0.4, 0.5) is 10.1 Å². The van der Waals surface area contributed by atoms with Gasteiger partial charge in [-0.3, -0.25) is 0 Å². The molecule has 0 aliphatic carbocycles. The van der Waals surface area contributed by atoms with Gasteiger partial charge in [0.1, 0.15) is 11.3 Å². The summed E-state index contributed by atoms with van der Waals surface area (Å²) in [5.74, 6) is 0.304. The number of fused-ring (bicyclic) bond motifs is 1. The van der Waals surface area contributed by atoms with Gasteiger partial charge in [0.2, 0.25) is 0 Å². The molecule has 7 heteroatoms. The molecule has 3 heterocycles. The number of nitrogens with zero attached hydrogens (tertiary/aromatic N) is 5. The lowest BCUT2D eigenvalue weighted by atomic mass is 10.1. The highest BCUT2D eigenvalue weighted by atomic mass is 19.1. The average Bonchev–Trinajstić information content (AvgIpc) is 3.38. The Balaban J connectivity index is 1.79. The van der Waals surface area contributed by atoms with Crippen molar-refractivity contribution in [1.29, 1.82) is 5.26 Å². The zero-order valence-electron chi connectivity index (χ0n) is 18.3. The monoisotopic (exact) mass is 431 g/mol. The first-order valence-electron chi connectivity index (χ1n) is 11.2. The number of imidazole rings is 1. The number of aromatic nitrogens is 3. The zero-order chi connectivity index (χ0) is 22.4. The van der Waals surface area contributed by atoms with Gasteiger partial charge in [0.05, 0.1) is 40.1 Å². The van der Waals surface area contributed by atoms with E-state index >= 15 is 0 Å². The van der Waals surface area contributed by atoms with Crippen molar-refractivity contribution in [1.82, 2.24) is 14.1 Å². The van der Waals surface area contributed by atoms with Crippen molar-refractivity contribution in [2.75, 3.05) is 24.6 Å². The van der Waals surface area contributed by atoms with Gasteiger partial charge >= 0.3 is 0 Å². The van der Waals surface area contributed by atoms with E-state index in [0.717, 1.165) is 54.0 Å². The van der Waals surface area contributed by atoms with Crippen LogP contribution in [-0.4, -0.2) is 38.9 Å². The SMILES string of the molecule is CCC1CN(CCCO)c2cccc3cc(-c4nc5cc(C#N)cc(F)c5n4CC)n1c23. The quantitative estimate of drug-likeness (QED) is 0.474. The number of anilines is 1. The first-order chi connectivity index (χ1) is 15.6. The van der Waals surface area contributed by atoms with Crippen LogP contribution in [0, 0.1) is 17.1 Å². The standard InChI is InChI=1S/C25H26FN5O/c1-3-18-15-29(9-6-10-32)21-8-5-7-17-13-22(31(18)23(17)21)25-28-20-12-16(14-27)11-19(26)24(20)30(25)4-2/h5,7-8,11-13,18,32H,3-4,6,9-10,15H2,1-2H3. The molecule has 0 radical (unpaired) electrons. The number of hydrogen-bond acceptors (Lipinski definition) is 4. The first-order valence-corrected chi connectivity index (χ1v) is 11.2. The van der Waals surface area contributed by atoms with E-state index < -0.39 is 5.82 Å². The summed E-state index contributed by atoms with van der Waals surface area (Å²) in [5.41, 5.74) is 4.50. The fourth-order valence-electron chi connectivity index (χ4n) is 5.08. The Kier molecular flexibility index (Phi) is 5.10. The molecule has 1 N–H and O–H groups in total. The highest BCUT2D eigenvalue weighted by Gasteiger charge is 2.30. The molecule has 0 saturated heterocycles. The summed E-state index contributed by atoms with van der Waals surface area (Å²) in [4.78, 5) is 7.18. The molecule has 2 aromatic carbocycles. The molecule has 2 aromatic heterocycles. The predicted octanol–water partition coefficient (Wildman–Crippen LogP) is 4.84. The highest BCUT2D eigenvalue weighted by molar-refractivity contribution is 5.97. The maximum atomic E-state index is 14.9. The zero-order valence-corrected chi connectivity index (χ0v) is 18.3. The Hall–Kier alpha value is -3.37.